The highest BCUT2D eigenvalue weighted by atomic mass is 35.5. The van der Waals surface area contributed by atoms with Crippen LogP contribution in [0.3, 0.4) is 0 Å². The zero-order chi connectivity index (χ0) is 12.7. The number of aliphatic hydroxyl groups excluding tert-OH is 1. The van der Waals surface area contributed by atoms with Crippen LogP contribution in [0.15, 0.2) is 18.2 Å². The first kappa shape index (κ1) is 14.7. The molecule has 1 atom stereocenters. The molecule has 0 amide bonds. The lowest BCUT2D eigenvalue weighted by molar-refractivity contribution is 0.159. The Bertz CT molecular complexity index is 347. The van der Waals surface area contributed by atoms with Crippen molar-refractivity contribution in [2.24, 2.45) is 0 Å². The van der Waals surface area contributed by atoms with Gasteiger partial charge in [-0.2, -0.15) is 0 Å². The summed E-state index contributed by atoms with van der Waals surface area (Å²) in [6, 6.07) is 5.53. The van der Waals surface area contributed by atoms with Crippen molar-refractivity contribution in [1.29, 1.82) is 0 Å². The monoisotopic (exact) mass is 277 g/mol. The summed E-state index contributed by atoms with van der Waals surface area (Å²) in [6.45, 7) is 1.36. The zero-order valence-corrected chi connectivity index (χ0v) is 11.3. The Kier molecular flexibility index (Phi) is 6.85. The largest absolute Gasteiger partial charge is 0.395 e. The van der Waals surface area contributed by atoms with E-state index < -0.39 is 0 Å². The molecule has 0 saturated carbocycles. The van der Waals surface area contributed by atoms with Gasteiger partial charge in [0, 0.05) is 26.3 Å². The summed E-state index contributed by atoms with van der Waals surface area (Å²) in [6.07, 6.45) is 0.772. The molecule has 0 fully saturated rings. The van der Waals surface area contributed by atoms with Gasteiger partial charge < -0.3 is 15.2 Å². The number of benzene rings is 1. The molecule has 1 aromatic carbocycles. The first-order chi connectivity index (χ1) is 8.17. The van der Waals surface area contributed by atoms with Crippen molar-refractivity contribution >= 4 is 23.2 Å². The van der Waals surface area contributed by atoms with Gasteiger partial charge in [-0.15, -0.1) is 0 Å². The molecule has 5 heteroatoms. The van der Waals surface area contributed by atoms with Gasteiger partial charge in [-0.05, 0) is 24.1 Å². The fourth-order valence-corrected chi connectivity index (χ4v) is 1.75. The number of hydrogen-bond acceptors (Lipinski definition) is 3. The van der Waals surface area contributed by atoms with Gasteiger partial charge in [-0.1, -0.05) is 29.3 Å². The van der Waals surface area contributed by atoms with E-state index in [0.717, 1.165) is 12.0 Å². The van der Waals surface area contributed by atoms with E-state index in [2.05, 4.69) is 5.32 Å². The molecule has 3 nitrogen and oxygen atoms in total. The van der Waals surface area contributed by atoms with Crippen LogP contribution in [0.5, 0.6) is 0 Å². The molecule has 1 aromatic rings. The molecule has 0 bridgehead atoms. The zero-order valence-electron chi connectivity index (χ0n) is 9.75. The number of halogens is 2. The summed E-state index contributed by atoms with van der Waals surface area (Å²) in [7, 11) is 1.65. The summed E-state index contributed by atoms with van der Waals surface area (Å²) in [4.78, 5) is 0. The van der Waals surface area contributed by atoms with E-state index in [1.54, 1.807) is 13.2 Å². The number of rotatable bonds is 7. The van der Waals surface area contributed by atoms with Crippen LogP contribution in [-0.4, -0.2) is 31.5 Å². The maximum absolute atomic E-state index is 9.16. The molecular formula is C12H17Cl2NO2. The van der Waals surface area contributed by atoms with Crippen LogP contribution < -0.4 is 5.32 Å². The molecule has 1 rings (SSSR count). The second-order valence-corrected chi connectivity index (χ2v) is 4.60. The number of aliphatic hydroxyl groups is 1. The van der Waals surface area contributed by atoms with Gasteiger partial charge in [-0.3, -0.25) is 0 Å². The van der Waals surface area contributed by atoms with Gasteiger partial charge in [0.25, 0.3) is 0 Å². The highest BCUT2D eigenvalue weighted by Gasteiger charge is 2.07. The third-order valence-electron chi connectivity index (χ3n) is 2.47. The number of hydrogen-bond donors (Lipinski definition) is 2. The molecule has 1 unspecified atom stereocenters. The summed E-state index contributed by atoms with van der Waals surface area (Å²) in [5.74, 6) is 0. The minimum Gasteiger partial charge on any atom is -0.395 e. The van der Waals surface area contributed by atoms with Crippen LogP contribution in [0.1, 0.15) is 12.0 Å². The molecule has 0 saturated heterocycles. The Morgan fingerprint density at radius 1 is 1.35 bits per heavy atom. The predicted molar refractivity (Wildman–Crippen MR) is 70.7 cm³/mol. The lowest BCUT2D eigenvalue weighted by Crippen LogP contribution is -2.33. The molecule has 0 radical (unpaired) electrons. The van der Waals surface area contributed by atoms with Gasteiger partial charge in [0.1, 0.15) is 0 Å². The summed E-state index contributed by atoms with van der Waals surface area (Å²) >= 11 is 11.7. The van der Waals surface area contributed by atoms with E-state index in [1.807, 2.05) is 12.1 Å². The van der Waals surface area contributed by atoms with Crippen molar-refractivity contribution in [3.63, 3.8) is 0 Å². The minimum atomic E-state index is 0.0319. The molecule has 0 aliphatic carbocycles. The standard InChI is InChI=1S/C12H17Cl2NO2/c1-17-5-4-10(8-16)15-7-9-2-3-11(13)12(14)6-9/h2-3,6,10,15-16H,4-5,7-8H2,1H3. The number of methoxy groups -OCH3 is 1. The maximum atomic E-state index is 9.16. The second-order valence-electron chi connectivity index (χ2n) is 3.79. The first-order valence-electron chi connectivity index (χ1n) is 5.44. The van der Waals surface area contributed by atoms with Gasteiger partial charge in [0.05, 0.1) is 16.7 Å². The van der Waals surface area contributed by atoms with Crippen LogP contribution in [-0.2, 0) is 11.3 Å². The Morgan fingerprint density at radius 2 is 2.12 bits per heavy atom. The van der Waals surface area contributed by atoms with E-state index in [4.69, 9.17) is 33.0 Å². The molecule has 0 aromatic heterocycles. The lowest BCUT2D eigenvalue weighted by atomic mass is 10.2. The van der Waals surface area contributed by atoms with E-state index in [0.29, 0.717) is 23.2 Å². The summed E-state index contributed by atoms with van der Waals surface area (Å²) in [5.41, 5.74) is 1.04. The molecule has 0 aliphatic heterocycles. The van der Waals surface area contributed by atoms with Gasteiger partial charge in [-0.25, -0.2) is 0 Å². The number of nitrogens with one attached hydrogen (secondary N) is 1. The molecular weight excluding hydrogens is 261 g/mol. The van der Waals surface area contributed by atoms with Crippen LogP contribution in [0.2, 0.25) is 10.0 Å². The average Bonchev–Trinajstić information content (AvgIpc) is 2.34. The highest BCUT2D eigenvalue weighted by Crippen LogP contribution is 2.22. The molecule has 96 valence electrons. The fraction of sp³-hybridized carbons (Fsp3) is 0.500. The lowest BCUT2D eigenvalue weighted by Gasteiger charge is -2.15. The Hall–Kier alpha value is -0.320. The Labute approximate surface area is 112 Å². The van der Waals surface area contributed by atoms with Crippen LogP contribution in [0.25, 0.3) is 0 Å². The highest BCUT2D eigenvalue weighted by molar-refractivity contribution is 6.42. The molecule has 2 N–H and O–H groups in total. The van der Waals surface area contributed by atoms with Crippen molar-refractivity contribution in [3.8, 4) is 0 Å². The summed E-state index contributed by atoms with van der Waals surface area (Å²) < 4.78 is 4.97. The molecule has 0 spiro atoms. The van der Waals surface area contributed by atoms with Crippen molar-refractivity contribution < 1.29 is 9.84 Å². The minimum absolute atomic E-state index is 0.0319. The normalized spacial score (nSPS) is 12.7. The second kappa shape index (κ2) is 7.90. The van der Waals surface area contributed by atoms with Crippen molar-refractivity contribution in [2.45, 2.75) is 19.0 Å². The van der Waals surface area contributed by atoms with Gasteiger partial charge >= 0.3 is 0 Å². The van der Waals surface area contributed by atoms with Crippen LogP contribution in [0, 0.1) is 0 Å². The summed E-state index contributed by atoms with van der Waals surface area (Å²) in [5, 5.41) is 13.5. The van der Waals surface area contributed by atoms with Crippen LogP contribution in [0.4, 0.5) is 0 Å². The van der Waals surface area contributed by atoms with Crippen molar-refractivity contribution in [3.05, 3.63) is 33.8 Å². The fourth-order valence-electron chi connectivity index (χ4n) is 1.43. The Morgan fingerprint density at radius 3 is 2.71 bits per heavy atom. The molecule has 0 heterocycles. The smallest absolute Gasteiger partial charge is 0.0595 e. The van der Waals surface area contributed by atoms with Crippen molar-refractivity contribution in [2.75, 3.05) is 20.3 Å². The predicted octanol–water partition coefficient (Wildman–Crippen LogP) is 2.48. The maximum Gasteiger partial charge on any atom is 0.0595 e. The molecule has 0 aliphatic rings. The van der Waals surface area contributed by atoms with Crippen molar-refractivity contribution in [1.82, 2.24) is 5.32 Å². The van der Waals surface area contributed by atoms with E-state index >= 15 is 0 Å². The Balaban J connectivity index is 2.45. The SMILES string of the molecule is COCCC(CO)NCc1ccc(Cl)c(Cl)c1. The topological polar surface area (TPSA) is 41.5 Å². The third-order valence-corrected chi connectivity index (χ3v) is 3.21. The van der Waals surface area contributed by atoms with Gasteiger partial charge in [0.15, 0.2) is 0 Å². The number of ether oxygens (including phenoxy) is 1. The van der Waals surface area contributed by atoms with E-state index in [-0.39, 0.29) is 12.6 Å². The quantitative estimate of drug-likeness (QED) is 0.805. The average molecular weight is 278 g/mol. The van der Waals surface area contributed by atoms with E-state index in [1.165, 1.54) is 0 Å². The van der Waals surface area contributed by atoms with Gasteiger partial charge in [0.2, 0.25) is 0 Å². The van der Waals surface area contributed by atoms with Crippen LogP contribution >= 0.6 is 23.2 Å². The molecule has 17 heavy (non-hydrogen) atoms. The van der Waals surface area contributed by atoms with E-state index in [9.17, 15) is 0 Å². The first-order valence-corrected chi connectivity index (χ1v) is 6.20. The third kappa shape index (κ3) is 5.23.